The molecule has 5 heteroatoms. The zero-order valence-corrected chi connectivity index (χ0v) is 13.6. The number of nitrogens with one attached hydrogen (secondary N) is 1. The number of likely N-dealkylation sites (tertiary alicyclic amines) is 1. The molecule has 124 valence electrons. The third kappa shape index (κ3) is 3.84. The van der Waals surface area contributed by atoms with Crippen LogP contribution in [0.1, 0.15) is 32.6 Å². The summed E-state index contributed by atoms with van der Waals surface area (Å²) < 4.78 is 5.54. The van der Waals surface area contributed by atoms with E-state index in [1.165, 1.54) is 0 Å². The molecule has 0 unspecified atom stereocenters. The fraction of sp³-hybridized carbons (Fsp3) is 0.556. The maximum absolute atomic E-state index is 12.5. The van der Waals surface area contributed by atoms with E-state index >= 15 is 0 Å². The van der Waals surface area contributed by atoms with E-state index in [-0.39, 0.29) is 23.7 Å². The van der Waals surface area contributed by atoms with Crippen molar-refractivity contribution >= 4 is 17.5 Å². The van der Waals surface area contributed by atoms with Gasteiger partial charge in [0.15, 0.2) is 0 Å². The van der Waals surface area contributed by atoms with Gasteiger partial charge in [0.1, 0.15) is 5.75 Å². The molecule has 1 heterocycles. The number of nitrogens with zero attached hydrogens (tertiary/aromatic N) is 1. The summed E-state index contributed by atoms with van der Waals surface area (Å²) in [5, 5.41) is 2.98. The van der Waals surface area contributed by atoms with Crippen molar-refractivity contribution < 1.29 is 14.3 Å². The van der Waals surface area contributed by atoms with Gasteiger partial charge in [-0.15, -0.1) is 0 Å². The first kappa shape index (κ1) is 15.8. The summed E-state index contributed by atoms with van der Waals surface area (Å²) in [6.45, 7) is 3.88. The first-order chi connectivity index (χ1) is 11.2. The number of para-hydroxylation sites is 2. The average molecular weight is 316 g/mol. The van der Waals surface area contributed by atoms with Crippen LogP contribution < -0.4 is 10.1 Å². The highest BCUT2D eigenvalue weighted by Gasteiger charge is 2.36. The number of amides is 2. The molecule has 1 saturated heterocycles. The number of hydrogen-bond acceptors (Lipinski definition) is 3. The monoisotopic (exact) mass is 316 g/mol. The van der Waals surface area contributed by atoms with Crippen molar-refractivity contribution in [3.63, 3.8) is 0 Å². The number of piperidine rings is 1. The molecule has 23 heavy (non-hydrogen) atoms. The average Bonchev–Trinajstić information content (AvgIpc) is 3.41. The normalized spacial score (nSPS) is 18.6. The molecule has 1 aromatic carbocycles. The molecule has 1 saturated carbocycles. The molecule has 1 aromatic rings. The maximum Gasteiger partial charge on any atom is 0.227 e. The highest BCUT2D eigenvalue weighted by molar-refractivity contribution is 5.94. The quantitative estimate of drug-likeness (QED) is 0.908. The fourth-order valence-electron chi connectivity index (χ4n) is 3.04. The number of rotatable bonds is 5. The van der Waals surface area contributed by atoms with Crippen LogP contribution in [0.15, 0.2) is 24.3 Å². The van der Waals surface area contributed by atoms with Crippen LogP contribution in [0, 0.1) is 11.8 Å². The molecule has 1 aliphatic heterocycles. The van der Waals surface area contributed by atoms with Gasteiger partial charge in [-0.2, -0.15) is 0 Å². The highest BCUT2D eigenvalue weighted by Crippen LogP contribution is 2.33. The Morgan fingerprint density at radius 1 is 1.13 bits per heavy atom. The zero-order chi connectivity index (χ0) is 16.2. The lowest BCUT2D eigenvalue weighted by atomic mass is 9.95. The van der Waals surface area contributed by atoms with Crippen LogP contribution in [0.4, 0.5) is 5.69 Å². The van der Waals surface area contributed by atoms with Crippen LogP contribution in [0.5, 0.6) is 5.75 Å². The van der Waals surface area contributed by atoms with Gasteiger partial charge >= 0.3 is 0 Å². The SMILES string of the molecule is CCOc1ccccc1NC(=O)C1CCN(C(=O)C2CC2)CC1. The zero-order valence-electron chi connectivity index (χ0n) is 13.6. The topological polar surface area (TPSA) is 58.6 Å². The molecular weight excluding hydrogens is 292 g/mol. The molecular formula is C18H24N2O3. The Labute approximate surface area is 137 Å². The van der Waals surface area contributed by atoms with Gasteiger partial charge in [0, 0.05) is 24.9 Å². The van der Waals surface area contributed by atoms with Crippen LogP contribution in [-0.2, 0) is 9.59 Å². The van der Waals surface area contributed by atoms with E-state index < -0.39 is 0 Å². The number of carbonyl (C=O) groups excluding carboxylic acids is 2. The second-order valence-corrected chi connectivity index (χ2v) is 6.29. The molecule has 3 rings (SSSR count). The van der Waals surface area contributed by atoms with E-state index in [0.717, 1.165) is 31.4 Å². The molecule has 1 aliphatic carbocycles. The van der Waals surface area contributed by atoms with E-state index in [1.807, 2.05) is 36.1 Å². The van der Waals surface area contributed by atoms with Gasteiger partial charge in [0.25, 0.3) is 0 Å². The first-order valence-corrected chi connectivity index (χ1v) is 8.50. The molecule has 0 atom stereocenters. The standard InChI is InChI=1S/C18H24N2O3/c1-2-23-16-6-4-3-5-15(16)19-17(21)13-9-11-20(12-10-13)18(22)14-7-8-14/h3-6,13-14H,2,7-12H2,1H3,(H,19,21). The lowest BCUT2D eigenvalue weighted by Gasteiger charge is -2.31. The summed E-state index contributed by atoms with van der Waals surface area (Å²) in [5.41, 5.74) is 0.718. The fourth-order valence-corrected chi connectivity index (χ4v) is 3.04. The van der Waals surface area contributed by atoms with Gasteiger partial charge in [0.05, 0.1) is 12.3 Å². The molecule has 2 fully saturated rings. The smallest absolute Gasteiger partial charge is 0.227 e. The minimum atomic E-state index is -0.0343. The number of hydrogen-bond donors (Lipinski definition) is 1. The molecule has 0 radical (unpaired) electrons. The van der Waals surface area contributed by atoms with Crippen molar-refractivity contribution in [2.24, 2.45) is 11.8 Å². The van der Waals surface area contributed by atoms with Crippen molar-refractivity contribution in [2.75, 3.05) is 25.0 Å². The van der Waals surface area contributed by atoms with E-state index in [4.69, 9.17) is 4.74 Å². The van der Waals surface area contributed by atoms with E-state index in [9.17, 15) is 9.59 Å². The summed E-state index contributed by atoms with van der Waals surface area (Å²) >= 11 is 0. The van der Waals surface area contributed by atoms with Gasteiger partial charge in [-0.3, -0.25) is 9.59 Å². The van der Waals surface area contributed by atoms with Gasteiger partial charge in [-0.25, -0.2) is 0 Å². The molecule has 1 N–H and O–H groups in total. The molecule has 5 nitrogen and oxygen atoms in total. The Morgan fingerprint density at radius 3 is 2.48 bits per heavy atom. The van der Waals surface area contributed by atoms with Crippen LogP contribution in [0.25, 0.3) is 0 Å². The summed E-state index contributed by atoms with van der Waals surface area (Å²) in [4.78, 5) is 26.5. The molecule has 0 spiro atoms. The Kier molecular flexibility index (Phi) is 4.84. The van der Waals surface area contributed by atoms with Gasteiger partial charge in [-0.1, -0.05) is 12.1 Å². The maximum atomic E-state index is 12.5. The Morgan fingerprint density at radius 2 is 1.83 bits per heavy atom. The Hall–Kier alpha value is -2.04. The first-order valence-electron chi connectivity index (χ1n) is 8.50. The summed E-state index contributed by atoms with van der Waals surface area (Å²) in [7, 11) is 0. The van der Waals surface area contributed by atoms with Crippen LogP contribution in [-0.4, -0.2) is 36.4 Å². The van der Waals surface area contributed by atoms with Crippen molar-refractivity contribution in [1.29, 1.82) is 0 Å². The Bertz CT molecular complexity index is 575. The van der Waals surface area contributed by atoms with Gasteiger partial charge in [0.2, 0.25) is 11.8 Å². The summed E-state index contributed by atoms with van der Waals surface area (Å²) in [5.74, 6) is 1.23. The van der Waals surface area contributed by atoms with Crippen LogP contribution in [0.2, 0.25) is 0 Å². The van der Waals surface area contributed by atoms with Crippen molar-refractivity contribution in [3.8, 4) is 5.75 Å². The highest BCUT2D eigenvalue weighted by atomic mass is 16.5. The van der Waals surface area contributed by atoms with Crippen LogP contribution in [0.3, 0.4) is 0 Å². The Balaban J connectivity index is 1.54. The summed E-state index contributed by atoms with van der Waals surface area (Å²) in [6.07, 6.45) is 3.54. The van der Waals surface area contributed by atoms with Gasteiger partial charge in [-0.05, 0) is 44.7 Å². The van der Waals surface area contributed by atoms with Crippen LogP contribution >= 0.6 is 0 Å². The van der Waals surface area contributed by atoms with E-state index in [0.29, 0.717) is 25.4 Å². The predicted molar refractivity (Wildman–Crippen MR) is 88.3 cm³/mol. The molecule has 2 aliphatic rings. The second kappa shape index (κ2) is 7.02. The number of carbonyl (C=O) groups is 2. The minimum absolute atomic E-state index is 0.0238. The van der Waals surface area contributed by atoms with Crippen molar-refractivity contribution in [1.82, 2.24) is 4.90 Å². The van der Waals surface area contributed by atoms with Crippen molar-refractivity contribution in [3.05, 3.63) is 24.3 Å². The lowest BCUT2D eigenvalue weighted by Crippen LogP contribution is -2.42. The lowest BCUT2D eigenvalue weighted by molar-refractivity contribution is -0.135. The van der Waals surface area contributed by atoms with E-state index in [2.05, 4.69) is 5.32 Å². The minimum Gasteiger partial charge on any atom is -0.492 e. The summed E-state index contributed by atoms with van der Waals surface area (Å²) in [6, 6.07) is 7.49. The largest absolute Gasteiger partial charge is 0.492 e. The third-order valence-corrected chi connectivity index (χ3v) is 4.55. The molecule has 0 bridgehead atoms. The van der Waals surface area contributed by atoms with Crippen molar-refractivity contribution in [2.45, 2.75) is 32.6 Å². The molecule has 0 aromatic heterocycles. The number of benzene rings is 1. The predicted octanol–water partition coefficient (Wildman–Crippen LogP) is 2.67. The number of ether oxygens (including phenoxy) is 1. The number of anilines is 1. The molecule has 2 amide bonds. The second-order valence-electron chi connectivity index (χ2n) is 6.29. The van der Waals surface area contributed by atoms with E-state index in [1.54, 1.807) is 0 Å². The van der Waals surface area contributed by atoms with Gasteiger partial charge < -0.3 is 15.0 Å². The third-order valence-electron chi connectivity index (χ3n) is 4.55.